The molecule has 0 radical (unpaired) electrons. The quantitative estimate of drug-likeness (QED) is 0.0526. The van der Waals surface area contributed by atoms with Gasteiger partial charge in [-0.1, -0.05) is 181 Å². The zero-order chi connectivity index (χ0) is 56.2. The molecule has 78 heavy (non-hydrogen) atoms. The molecular formula is C66H84O6S4Si2. The Kier molecular flexibility index (Phi) is 19.2. The molecule has 4 heterocycles. The predicted molar refractivity (Wildman–Crippen MR) is 342 cm³/mol. The lowest BCUT2D eigenvalue weighted by atomic mass is 9.78. The van der Waals surface area contributed by atoms with Crippen LogP contribution in [0.15, 0.2) is 121 Å². The minimum Gasteiger partial charge on any atom is -0.493 e. The summed E-state index contributed by atoms with van der Waals surface area (Å²) in [6, 6.07) is 41.5. The van der Waals surface area contributed by atoms with Gasteiger partial charge in [-0.25, -0.2) is 0 Å². The Bertz CT molecular complexity index is 2860. The van der Waals surface area contributed by atoms with Crippen molar-refractivity contribution in [2.24, 2.45) is 23.7 Å². The summed E-state index contributed by atoms with van der Waals surface area (Å²) in [4.78, 5) is 4.15. The van der Waals surface area contributed by atoms with Crippen molar-refractivity contribution in [1.29, 1.82) is 0 Å². The first-order valence-corrected chi connectivity index (χ1v) is 38.6. The van der Waals surface area contributed by atoms with Gasteiger partial charge in [0.2, 0.25) is 0 Å². The molecular weight excluding hydrogens is 1070 g/mol. The van der Waals surface area contributed by atoms with E-state index in [1.165, 1.54) is 9.00 Å². The van der Waals surface area contributed by atoms with Gasteiger partial charge in [0.25, 0.3) is 0 Å². The molecule has 8 rings (SSSR count). The Morgan fingerprint density at radius 1 is 0.372 bits per heavy atom. The van der Waals surface area contributed by atoms with Crippen LogP contribution in [0.4, 0.5) is 0 Å². The Morgan fingerprint density at radius 2 is 0.615 bits per heavy atom. The summed E-state index contributed by atoms with van der Waals surface area (Å²) in [5.41, 5.74) is 1.13. The summed E-state index contributed by atoms with van der Waals surface area (Å²) in [5, 5.41) is 29.1. The van der Waals surface area contributed by atoms with E-state index in [9.17, 15) is 10.2 Å². The van der Waals surface area contributed by atoms with E-state index >= 15 is 0 Å². The van der Waals surface area contributed by atoms with Crippen molar-refractivity contribution in [2.75, 3.05) is 26.4 Å². The molecule has 4 aromatic carbocycles. The van der Waals surface area contributed by atoms with Crippen LogP contribution in [0, 0.1) is 23.7 Å². The van der Waals surface area contributed by atoms with Crippen molar-refractivity contribution in [1.82, 2.24) is 0 Å². The largest absolute Gasteiger partial charge is 0.493 e. The molecule has 0 spiro atoms. The van der Waals surface area contributed by atoms with E-state index in [1.807, 2.05) is 120 Å². The molecule has 0 aliphatic heterocycles. The van der Waals surface area contributed by atoms with Crippen molar-refractivity contribution in [2.45, 2.75) is 132 Å². The highest BCUT2D eigenvalue weighted by Crippen LogP contribution is 2.59. The van der Waals surface area contributed by atoms with E-state index in [0.29, 0.717) is 50.1 Å². The molecule has 0 bridgehead atoms. The molecule has 0 saturated carbocycles. The molecule has 0 amide bonds. The van der Waals surface area contributed by atoms with Crippen LogP contribution in [0.25, 0.3) is 28.9 Å². The van der Waals surface area contributed by atoms with Gasteiger partial charge in [0.15, 0.2) is 0 Å². The number of thiophene rings is 4. The van der Waals surface area contributed by atoms with Crippen molar-refractivity contribution in [3.63, 3.8) is 0 Å². The molecule has 2 N–H and O–H groups in total. The topological polar surface area (TPSA) is 77.4 Å². The summed E-state index contributed by atoms with van der Waals surface area (Å²) in [5.74, 6) is 4.67. The SMILES string of the molecule is CC[C@@H](C)COc1ccc(C(O)(c2ccc(OC[C@@H](C)CC)cc2)c2c(-c3ccc([Si](C)(C)C)s3)sc3c(C(O)(c4ccc(OC[C@H](C)CC)cc4)c4ccc(OC[C@@H](C)CC)cc4)c(-c4ccc([Si](C)(C)C)s4)sc23)cc1. The van der Waals surface area contributed by atoms with Gasteiger partial charge in [0.1, 0.15) is 34.2 Å². The van der Waals surface area contributed by atoms with Crippen LogP contribution < -0.4 is 27.9 Å². The van der Waals surface area contributed by atoms with Crippen LogP contribution >= 0.6 is 45.3 Å². The molecule has 6 nitrogen and oxygen atoms in total. The number of hydrogen-bond donors (Lipinski definition) is 2. The normalized spacial score (nSPS) is 15.3. The highest BCUT2D eigenvalue weighted by Gasteiger charge is 2.46. The third kappa shape index (κ3) is 13.0. The first-order chi connectivity index (χ1) is 37.1. The van der Waals surface area contributed by atoms with Crippen molar-refractivity contribution >= 4 is 79.9 Å². The molecule has 0 aliphatic rings. The lowest BCUT2D eigenvalue weighted by Gasteiger charge is -2.31. The number of hydrogen-bond acceptors (Lipinski definition) is 10. The fraction of sp³-hybridized carbons (Fsp3) is 0.424. The van der Waals surface area contributed by atoms with Crippen LogP contribution in [0.5, 0.6) is 23.0 Å². The minimum atomic E-state index is -1.76. The maximum atomic E-state index is 14.6. The lowest BCUT2D eigenvalue weighted by molar-refractivity contribution is 0.127. The van der Waals surface area contributed by atoms with Crippen molar-refractivity contribution in [3.05, 3.63) is 155 Å². The average molecular weight is 1160 g/mol. The van der Waals surface area contributed by atoms with Gasteiger partial charge in [0.05, 0.1) is 61.7 Å². The van der Waals surface area contributed by atoms with Gasteiger partial charge in [-0.05, 0) is 116 Å². The Hall–Kier alpha value is -4.51. The average Bonchev–Trinajstić information content (AvgIpc) is 4.26. The summed E-state index contributed by atoms with van der Waals surface area (Å²) in [6.07, 6.45) is 4.09. The molecule has 416 valence electrons. The third-order valence-electron chi connectivity index (χ3n) is 15.4. The molecule has 12 heteroatoms. The highest BCUT2D eigenvalue weighted by molar-refractivity contribution is 7.36. The van der Waals surface area contributed by atoms with E-state index < -0.39 is 27.3 Å². The predicted octanol–water partition coefficient (Wildman–Crippen LogP) is 17.8. The molecule has 0 aliphatic carbocycles. The Labute approximate surface area is 484 Å². The van der Waals surface area contributed by atoms with Gasteiger partial charge < -0.3 is 29.2 Å². The molecule has 0 saturated heterocycles. The smallest absolute Gasteiger partial charge is 0.143 e. The zero-order valence-corrected chi connectivity index (χ0v) is 53.9. The van der Waals surface area contributed by atoms with Crippen molar-refractivity contribution in [3.8, 4) is 42.5 Å². The van der Waals surface area contributed by atoms with Crippen LogP contribution in [0.1, 0.15) is 114 Å². The number of rotatable bonds is 26. The van der Waals surface area contributed by atoms with E-state index in [2.05, 4.69) is 119 Å². The molecule has 6 atom stereocenters. The Balaban J connectivity index is 1.47. The monoisotopic (exact) mass is 1160 g/mol. The van der Waals surface area contributed by atoms with E-state index in [4.69, 9.17) is 18.9 Å². The second-order valence-corrected chi connectivity index (χ2v) is 38.9. The van der Waals surface area contributed by atoms with Crippen LogP contribution in [-0.2, 0) is 11.2 Å². The third-order valence-corrected chi connectivity index (χ3v) is 27.7. The molecule has 2 unspecified atom stereocenters. The number of fused-ring (bicyclic) bond motifs is 1. The summed E-state index contributed by atoms with van der Waals surface area (Å²) < 4.78 is 30.0. The van der Waals surface area contributed by atoms with Gasteiger partial charge >= 0.3 is 0 Å². The number of ether oxygens (including phenoxy) is 4. The standard InChI is InChI=1S/C66H84O6S4Si2/c1-15-43(5)39-69-51-27-19-47(20-28-51)65(67,48-21-29-52(30-22-48)70-40-44(6)16-2)59-61(55-35-37-57(73-55)77(9,10)11)75-64-60(62(76-63(59)64)56-36-38-58(74-56)78(12,13)14)66(68,49-23-31-53(32-24-49)71-41-45(7)17-3)50-25-33-54(34-26-50)72-42-46(8)18-4/h19-38,43-46,67-68H,15-18,39-42H2,1-14H3/t43-,44+,45-,46+,65?,66?. The maximum Gasteiger partial charge on any atom is 0.143 e. The fourth-order valence-electron chi connectivity index (χ4n) is 9.17. The van der Waals surface area contributed by atoms with Crippen molar-refractivity contribution < 1.29 is 29.2 Å². The summed E-state index contributed by atoms with van der Waals surface area (Å²) in [7, 11) is -3.53. The first kappa shape index (κ1) is 59.6. The van der Waals surface area contributed by atoms with Gasteiger partial charge in [0, 0.05) is 20.9 Å². The van der Waals surface area contributed by atoms with Crippen LogP contribution in [0.3, 0.4) is 0 Å². The zero-order valence-electron chi connectivity index (χ0n) is 48.7. The van der Waals surface area contributed by atoms with Gasteiger partial charge in [-0.3, -0.25) is 0 Å². The van der Waals surface area contributed by atoms with Crippen LogP contribution in [-0.4, -0.2) is 52.8 Å². The number of aliphatic hydroxyl groups is 2. The van der Waals surface area contributed by atoms with E-state index in [-0.39, 0.29) is 0 Å². The van der Waals surface area contributed by atoms with Gasteiger partial charge in [-0.2, -0.15) is 0 Å². The minimum absolute atomic E-state index is 0.406. The maximum absolute atomic E-state index is 14.6. The summed E-state index contributed by atoms with van der Waals surface area (Å²) >= 11 is 7.04. The molecule has 8 aromatic rings. The second kappa shape index (κ2) is 25.1. The fourth-order valence-corrected chi connectivity index (χ4v) is 18.3. The highest BCUT2D eigenvalue weighted by atomic mass is 32.1. The van der Waals surface area contributed by atoms with E-state index in [1.54, 1.807) is 22.7 Å². The second-order valence-electron chi connectivity index (χ2n) is 23.9. The number of benzene rings is 4. The molecule has 0 fully saturated rings. The lowest BCUT2D eigenvalue weighted by Crippen LogP contribution is -2.34. The van der Waals surface area contributed by atoms with Gasteiger partial charge in [-0.15, -0.1) is 45.3 Å². The first-order valence-electron chi connectivity index (χ1n) is 28.3. The van der Waals surface area contributed by atoms with E-state index in [0.717, 1.165) is 111 Å². The van der Waals surface area contributed by atoms with Crippen LogP contribution in [0.2, 0.25) is 39.3 Å². The Morgan fingerprint density at radius 3 is 0.821 bits per heavy atom. The summed E-state index contributed by atoms with van der Waals surface area (Å²) in [6.45, 7) is 34.3. The molecule has 4 aromatic heterocycles.